The maximum Gasteiger partial charge on any atom is 0.141 e. The van der Waals surface area contributed by atoms with Gasteiger partial charge in [-0.15, -0.1) is 0 Å². The third-order valence-electron chi connectivity index (χ3n) is 2.74. The SMILES string of the molecule is C[C@@H](NCc1cncc(F)c1)c1ccc(F)cc1. The van der Waals surface area contributed by atoms with Crippen LogP contribution in [0.1, 0.15) is 24.1 Å². The monoisotopic (exact) mass is 248 g/mol. The Bertz CT molecular complexity index is 511. The number of pyridine rings is 1. The van der Waals surface area contributed by atoms with Crippen LogP contribution in [0.4, 0.5) is 8.78 Å². The molecule has 1 heterocycles. The van der Waals surface area contributed by atoms with Crippen molar-refractivity contribution in [2.75, 3.05) is 0 Å². The third kappa shape index (κ3) is 3.34. The quantitative estimate of drug-likeness (QED) is 0.898. The minimum Gasteiger partial charge on any atom is -0.306 e. The zero-order chi connectivity index (χ0) is 13.0. The fourth-order valence-electron chi connectivity index (χ4n) is 1.69. The molecule has 2 nitrogen and oxygen atoms in total. The highest BCUT2D eigenvalue weighted by molar-refractivity contribution is 5.19. The Labute approximate surface area is 105 Å². The minimum atomic E-state index is -0.344. The molecule has 0 fully saturated rings. The van der Waals surface area contributed by atoms with Crippen LogP contribution in [-0.4, -0.2) is 4.98 Å². The average Bonchev–Trinajstić information content (AvgIpc) is 2.37. The Morgan fingerprint density at radius 3 is 2.50 bits per heavy atom. The average molecular weight is 248 g/mol. The first-order valence-corrected chi connectivity index (χ1v) is 5.73. The van der Waals surface area contributed by atoms with Crippen molar-refractivity contribution in [2.45, 2.75) is 19.5 Å². The molecular formula is C14H14F2N2. The normalized spacial score (nSPS) is 12.4. The fourth-order valence-corrected chi connectivity index (χ4v) is 1.69. The summed E-state index contributed by atoms with van der Waals surface area (Å²) in [6.45, 7) is 2.49. The number of rotatable bonds is 4. The number of benzene rings is 1. The summed E-state index contributed by atoms with van der Waals surface area (Å²) in [5.74, 6) is -0.594. The zero-order valence-corrected chi connectivity index (χ0v) is 10.0. The number of aromatic nitrogens is 1. The van der Waals surface area contributed by atoms with Crippen LogP contribution in [0.15, 0.2) is 42.7 Å². The van der Waals surface area contributed by atoms with Crippen LogP contribution in [0.2, 0.25) is 0 Å². The van der Waals surface area contributed by atoms with Gasteiger partial charge in [-0.05, 0) is 36.2 Å². The van der Waals surface area contributed by atoms with Crippen molar-refractivity contribution in [2.24, 2.45) is 0 Å². The molecule has 0 aliphatic rings. The molecule has 0 spiro atoms. The van der Waals surface area contributed by atoms with E-state index in [-0.39, 0.29) is 17.7 Å². The molecule has 0 aliphatic heterocycles. The molecule has 0 aliphatic carbocycles. The molecule has 18 heavy (non-hydrogen) atoms. The molecule has 94 valence electrons. The van der Waals surface area contributed by atoms with Crippen LogP contribution in [0.5, 0.6) is 0 Å². The summed E-state index contributed by atoms with van der Waals surface area (Å²) in [5.41, 5.74) is 1.77. The number of hydrogen-bond donors (Lipinski definition) is 1. The van der Waals surface area contributed by atoms with Gasteiger partial charge in [0.15, 0.2) is 0 Å². The van der Waals surface area contributed by atoms with E-state index < -0.39 is 0 Å². The molecule has 0 bridgehead atoms. The summed E-state index contributed by atoms with van der Waals surface area (Å²) in [6, 6.07) is 7.83. The molecule has 2 rings (SSSR count). The van der Waals surface area contributed by atoms with Gasteiger partial charge in [-0.25, -0.2) is 8.78 Å². The smallest absolute Gasteiger partial charge is 0.141 e. The fraction of sp³-hybridized carbons (Fsp3) is 0.214. The van der Waals surface area contributed by atoms with Gasteiger partial charge in [-0.3, -0.25) is 4.98 Å². The highest BCUT2D eigenvalue weighted by Gasteiger charge is 2.05. The van der Waals surface area contributed by atoms with E-state index in [0.717, 1.165) is 11.1 Å². The van der Waals surface area contributed by atoms with E-state index in [9.17, 15) is 8.78 Å². The van der Waals surface area contributed by atoms with Gasteiger partial charge in [-0.2, -0.15) is 0 Å². The Hall–Kier alpha value is -1.81. The van der Waals surface area contributed by atoms with Gasteiger partial charge in [0, 0.05) is 18.8 Å². The molecule has 1 atom stereocenters. The van der Waals surface area contributed by atoms with Crippen LogP contribution in [0, 0.1) is 11.6 Å². The number of nitrogens with one attached hydrogen (secondary N) is 1. The molecule has 0 radical (unpaired) electrons. The Morgan fingerprint density at radius 2 is 1.83 bits per heavy atom. The molecule has 1 N–H and O–H groups in total. The highest BCUT2D eigenvalue weighted by atomic mass is 19.1. The van der Waals surface area contributed by atoms with Gasteiger partial charge >= 0.3 is 0 Å². The first kappa shape index (κ1) is 12.6. The maximum absolute atomic E-state index is 12.9. The van der Waals surface area contributed by atoms with Gasteiger partial charge in [-0.1, -0.05) is 12.1 Å². The Balaban J connectivity index is 1.96. The van der Waals surface area contributed by atoms with Gasteiger partial charge < -0.3 is 5.32 Å². The summed E-state index contributed by atoms with van der Waals surface area (Å²) in [7, 11) is 0. The molecule has 2 aromatic rings. The van der Waals surface area contributed by atoms with E-state index in [1.165, 1.54) is 24.4 Å². The lowest BCUT2D eigenvalue weighted by Gasteiger charge is -2.14. The second-order valence-electron chi connectivity index (χ2n) is 4.17. The van der Waals surface area contributed by atoms with Crippen LogP contribution >= 0.6 is 0 Å². The first-order valence-electron chi connectivity index (χ1n) is 5.73. The molecule has 1 aromatic carbocycles. The summed E-state index contributed by atoms with van der Waals surface area (Å²) in [4.78, 5) is 3.78. The predicted octanol–water partition coefficient (Wildman–Crippen LogP) is 3.21. The lowest BCUT2D eigenvalue weighted by Crippen LogP contribution is -2.18. The van der Waals surface area contributed by atoms with Gasteiger partial charge in [0.1, 0.15) is 11.6 Å². The first-order chi connectivity index (χ1) is 8.65. The van der Waals surface area contributed by atoms with E-state index in [4.69, 9.17) is 0 Å². The van der Waals surface area contributed by atoms with E-state index in [2.05, 4.69) is 10.3 Å². The molecule has 0 saturated carbocycles. The Kier molecular flexibility index (Phi) is 3.99. The highest BCUT2D eigenvalue weighted by Crippen LogP contribution is 2.13. The minimum absolute atomic E-state index is 0.0638. The third-order valence-corrected chi connectivity index (χ3v) is 2.74. The summed E-state index contributed by atoms with van der Waals surface area (Å²) in [6.07, 6.45) is 2.79. The Morgan fingerprint density at radius 1 is 1.11 bits per heavy atom. The topological polar surface area (TPSA) is 24.9 Å². The zero-order valence-electron chi connectivity index (χ0n) is 10.0. The van der Waals surface area contributed by atoms with E-state index in [0.29, 0.717) is 6.54 Å². The second kappa shape index (κ2) is 5.69. The van der Waals surface area contributed by atoms with Gasteiger partial charge in [0.2, 0.25) is 0 Å². The predicted molar refractivity (Wildman–Crippen MR) is 65.8 cm³/mol. The van der Waals surface area contributed by atoms with E-state index in [1.807, 2.05) is 6.92 Å². The summed E-state index contributed by atoms with van der Waals surface area (Å²) >= 11 is 0. The van der Waals surface area contributed by atoms with E-state index >= 15 is 0 Å². The molecular weight excluding hydrogens is 234 g/mol. The standard InChI is InChI=1S/C14H14F2N2/c1-10(12-2-4-13(15)5-3-12)18-8-11-6-14(16)9-17-7-11/h2-7,9-10,18H,8H2,1H3/t10-/m1/s1. The molecule has 0 saturated heterocycles. The van der Waals surface area contributed by atoms with Crippen molar-refractivity contribution in [1.29, 1.82) is 0 Å². The van der Waals surface area contributed by atoms with Crippen molar-refractivity contribution in [1.82, 2.24) is 10.3 Å². The lowest BCUT2D eigenvalue weighted by molar-refractivity contribution is 0.564. The lowest BCUT2D eigenvalue weighted by atomic mass is 10.1. The van der Waals surface area contributed by atoms with Crippen LogP contribution < -0.4 is 5.32 Å². The summed E-state index contributed by atoms with van der Waals surface area (Å²) in [5, 5.41) is 3.23. The maximum atomic E-state index is 12.9. The molecule has 0 amide bonds. The van der Waals surface area contributed by atoms with Crippen molar-refractivity contribution in [3.05, 3.63) is 65.5 Å². The molecule has 0 unspecified atom stereocenters. The molecule has 1 aromatic heterocycles. The largest absolute Gasteiger partial charge is 0.306 e. The van der Waals surface area contributed by atoms with Crippen molar-refractivity contribution < 1.29 is 8.78 Å². The van der Waals surface area contributed by atoms with Crippen molar-refractivity contribution >= 4 is 0 Å². The van der Waals surface area contributed by atoms with Crippen LogP contribution in [0.25, 0.3) is 0 Å². The number of nitrogens with zero attached hydrogens (tertiary/aromatic N) is 1. The van der Waals surface area contributed by atoms with Gasteiger partial charge in [0.05, 0.1) is 6.20 Å². The number of halogens is 2. The van der Waals surface area contributed by atoms with Gasteiger partial charge in [0.25, 0.3) is 0 Å². The van der Waals surface area contributed by atoms with Crippen LogP contribution in [0.3, 0.4) is 0 Å². The van der Waals surface area contributed by atoms with Crippen molar-refractivity contribution in [3.8, 4) is 0 Å². The second-order valence-corrected chi connectivity index (χ2v) is 4.17. The van der Waals surface area contributed by atoms with Crippen LogP contribution in [-0.2, 0) is 6.54 Å². The summed E-state index contributed by atoms with van der Waals surface area (Å²) < 4.78 is 25.7. The molecule has 4 heteroatoms. The van der Waals surface area contributed by atoms with E-state index in [1.54, 1.807) is 18.3 Å². The van der Waals surface area contributed by atoms with Crippen molar-refractivity contribution in [3.63, 3.8) is 0 Å². The number of hydrogen-bond acceptors (Lipinski definition) is 2.